The van der Waals surface area contributed by atoms with Crippen molar-refractivity contribution in [2.75, 3.05) is 0 Å². The maximum Gasteiger partial charge on any atom is 0.449 e. The molecule has 0 fully saturated rings. The fourth-order valence-corrected chi connectivity index (χ4v) is 3.12. The van der Waals surface area contributed by atoms with Crippen molar-refractivity contribution >= 4 is 34.0 Å². The molecule has 0 aliphatic rings. The van der Waals surface area contributed by atoms with Gasteiger partial charge in [-0.1, -0.05) is 23.7 Å². The lowest BCUT2D eigenvalue weighted by molar-refractivity contribution is -0.146. The second kappa shape index (κ2) is 4.79. The number of hydrogen-bond acceptors (Lipinski definition) is 2. The molecule has 0 N–H and O–H groups in total. The summed E-state index contributed by atoms with van der Waals surface area (Å²) in [5.74, 6) is -0.886. The summed E-state index contributed by atoms with van der Waals surface area (Å²) >= 11 is 7.08. The highest BCUT2D eigenvalue weighted by Crippen LogP contribution is 2.33. The van der Waals surface area contributed by atoms with Crippen LogP contribution in [0.3, 0.4) is 0 Å². The van der Waals surface area contributed by atoms with Gasteiger partial charge in [0.15, 0.2) is 0 Å². The van der Waals surface area contributed by atoms with Crippen LogP contribution in [0.5, 0.6) is 0 Å². The molecular weight excluding hydrogens is 309 g/mol. The van der Waals surface area contributed by atoms with E-state index in [0.29, 0.717) is 15.4 Å². The fraction of sp³-hybridized carbons (Fsp3) is 0.154. The molecule has 0 saturated heterocycles. The second-order valence-corrected chi connectivity index (χ2v) is 6.01. The Bertz CT molecular complexity index is 760. The van der Waals surface area contributed by atoms with Crippen LogP contribution >= 0.6 is 22.9 Å². The first-order valence-corrected chi connectivity index (χ1v) is 6.91. The number of rotatable bonds is 2. The second-order valence-electron chi connectivity index (χ2n) is 4.21. The zero-order chi connectivity index (χ0) is 14.3. The van der Waals surface area contributed by atoms with Crippen molar-refractivity contribution < 1.29 is 13.2 Å². The minimum absolute atomic E-state index is 0.104. The summed E-state index contributed by atoms with van der Waals surface area (Å²) in [6.45, 7) is 0.104. The van der Waals surface area contributed by atoms with Crippen LogP contribution in [0, 0.1) is 0 Å². The number of nitrogens with zero attached hydrogens (tertiary/aromatic N) is 2. The van der Waals surface area contributed by atoms with Gasteiger partial charge in [-0.25, -0.2) is 4.98 Å². The standard InChI is InChI=1S/C13H8ClF3N2S/c14-11-6-5-8(20-11)7-19-10-4-2-1-3-9(10)18-12(19)13(15,16)17/h1-6H,7H2. The van der Waals surface area contributed by atoms with Crippen molar-refractivity contribution in [1.82, 2.24) is 9.55 Å². The molecule has 0 aliphatic carbocycles. The zero-order valence-electron chi connectivity index (χ0n) is 9.99. The van der Waals surface area contributed by atoms with E-state index in [2.05, 4.69) is 4.98 Å². The number of imidazole rings is 1. The number of fused-ring (bicyclic) bond motifs is 1. The van der Waals surface area contributed by atoms with E-state index >= 15 is 0 Å². The number of benzene rings is 1. The maximum atomic E-state index is 13.1. The van der Waals surface area contributed by atoms with Gasteiger partial charge in [-0.05, 0) is 24.3 Å². The van der Waals surface area contributed by atoms with Crippen LogP contribution in [-0.4, -0.2) is 9.55 Å². The highest BCUT2D eigenvalue weighted by atomic mass is 35.5. The predicted molar refractivity (Wildman–Crippen MR) is 73.2 cm³/mol. The SMILES string of the molecule is FC(F)(F)c1nc2ccccc2n1Cc1ccc(Cl)s1. The quantitative estimate of drug-likeness (QED) is 0.663. The summed E-state index contributed by atoms with van der Waals surface area (Å²) < 4.78 is 41.0. The average Bonchev–Trinajstić information content (AvgIpc) is 2.94. The average molecular weight is 317 g/mol. The molecule has 104 valence electrons. The normalized spacial score (nSPS) is 12.2. The van der Waals surface area contributed by atoms with E-state index in [9.17, 15) is 13.2 Å². The van der Waals surface area contributed by atoms with Crippen LogP contribution in [0.2, 0.25) is 4.34 Å². The van der Waals surface area contributed by atoms with Gasteiger partial charge in [-0.3, -0.25) is 0 Å². The van der Waals surface area contributed by atoms with Crippen molar-refractivity contribution in [1.29, 1.82) is 0 Å². The molecule has 2 nitrogen and oxygen atoms in total. The zero-order valence-corrected chi connectivity index (χ0v) is 11.6. The number of hydrogen-bond donors (Lipinski definition) is 0. The summed E-state index contributed by atoms with van der Waals surface area (Å²) in [6, 6.07) is 9.97. The Morgan fingerprint density at radius 2 is 1.90 bits per heavy atom. The van der Waals surface area contributed by atoms with E-state index in [4.69, 9.17) is 11.6 Å². The summed E-state index contributed by atoms with van der Waals surface area (Å²) in [4.78, 5) is 4.45. The van der Waals surface area contributed by atoms with Gasteiger partial charge < -0.3 is 4.57 Å². The van der Waals surface area contributed by atoms with Crippen LogP contribution in [0.25, 0.3) is 11.0 Å². The number of thiophene rings is 1. The third-order valence-corrected chi connectivity index (χ3v) is 4.07. The van der Waals surface area contributed by atoms with E-state index in [1.165, 1.54) is 15.9 Å². The van der Waals surface area contributed by atoms with E-state index in [0.717, 1.165) is 4.88 Å². The number of aromatic nitrogens is 2. The van der Waals surface area contributed by atoms with E-state index in [1.54, 1.807) is 36.4 Å². The van der Waals surface area contributed by atoms with Crippen LogP contribution in [-0.2, 0) is 12.7 Å². The molecule has 1 aromatic carbocycles. The highest BCUT2D eigenvalue weighted by Gasteiger charge is 2.37. The van der Waals surface area contributed by atoms with Crippen LogP contribution in [0.1, 0.15) is 10.7 Å². The molecule has 2 heterocycles. The van der Waals surface area contributed by atoms with Gasteiger partial charge in [0, 0.05) is 4.88 Å². The largest absolute Gasteiger partial charge is 0.449 e. The fourth-order valence-electron chi connectivity index (χ4n) is 2.04. The Balaban J connectivity index is 2.16. The monoisotopic (exact) mass is 316 g/mol. The number of para-hydroxylation sites is 2. The lowest BCUT2D eigenvalue weighted by atomic mass is 10.3. The Labute approximate surface area is 121 Å². The third kappa shape index (κ3) is 2.41. The van der Waals surface area contributed by atoms with Gasteiger partial charge in [-0.15, -0.1) is 11.3 Å². The molecule has 3 aromatic rings. The molecule has 0 spiro atoms. The lowest BCUT2D eigenvalue weighted by Gasteiger charge is -2.10. The Morgan fingerprint density at radius 3 is 2.55 bits per heavy atom. The molecule has 0 amide bonds. The van der Waals surface area contributed by atoms with Gasteiger partial charge in [0.1, 0.15) is 0 Å². The lowest BCUT2D eigenvalue weighted by Crippen LogP contribution is -2.15. The van der Waals surface area contributed by atoms with E-state index < -0.39 is 12.0 Å². The first-order chi connectivity index (χ1) is 9.45. The summed E-state index contributed by atoms with van der Waals surface area (Å²) in [7, 11) is 0. The molecule has 0 bridgehead atoms. The molecule has 2 aromatic heterocycles. The maximum absolute atomic E-state index is 13.1. The molecule has 0 aliphatic heterocycles. The molecule has 7 heteroatoms. The summed E-state index contributed by atoms with van der Waals surface area (Å²) in [5.41, 5.74) is 0.798. The molecule has 3 rings (SSSR count). The Kier molecular flexibility index (Phi) is 3.22. The highest BCUT2D eigenvalue weighted by molar-refractivity contribution is 7.16. The molecule has 20 heavy (non-hydrogen) atoms. The van der Waals surface area contributed by atoms with Crippen LogP contribution < -0.4 is 0 Å². The van der Waals surface area contributed by atoms with E-state index in [1.807, 2.05) is 0 Å². The van der Waals surface area contributed by atoms with Gasteiger partial charge >= 0.3 is 6.18 Å². The molecular formula is C13H8ClF3N2S. The molecule has 0 unspecified atom stereocenters. The predicted octanol–water partition coefficient (Wildman–Crippen LogP) is 4.82. The van der Waals surface area contributed by atoms with E-state index in [-0.39, 0.29) is 6.54 Å². The van der Waals surface area contributed by atoms with Crippen molar-refractivity contribution in [2.24, 2.45) is 0 Å². The van der Waals surface area contributed by atoms with Crippen LogP contribution in [0.4, 0.5) is 13.2 Å². The minimum atomic E-state index is -4.49. The Morgan fingerprint density at radius 1 is 1.15 bits per heavy atom. The molecule has 0 radical (unpaired) electrons. The van der Waals surface area contributed by atoms with Gasteiger partial charge in [-0.2, -0.15) is 13.2 Å². The van der Waals surface area contributed by atoms with Crippen molar-refractivity contribution in [3.05, 3.63) is 51.4 Å². The third-order valence-electron chi connectivity index (χ3n) is 2.85. The summed E-state index contributed by atoms with van der Waals surface area (Å²) in [6.07, 6.45) is -4.49. The first kappa shape index (κ1) is 13.5. The van der Waals surface area contributed by atoms with Crippen molar-refractivity contribution in [3.8, 4) is 0 Å². The van der Waals surface area contributed by atoms with Crippen LogP contribution in [0.15, 0.2) is 36.4 Å². The first-order valence-electron chi connectivity index (χ1n) is 5.72. The number of alkyl halides is 3. The van der Waals surface area contributed by atoms with Crippen molar-refractivity contribution in [3.63, 3.8) is 0 Å². The van der Waals surface area contributed by atoms with Gasteiger partial charge in [0.05, 0.1) is 21.9 Å². The Hall–Kier alpha value is -1.53. The van der Waals surface area contributed by atoms with Gasteiger partial charge in [0.25, 0.3) is 0 Å². The van der Waals surface area contributed by atoms with Crippen molar-refractivity contribution in [2.45, 2.75) is 12.7 Å². The number of halogens is 4. The summed E-state index contributed by atoms with van der Waals surface area (Å²) in [5, 5.41) is 0. The topological polar surface area (TPSA) is 17.8 Å². The minimum Gasteiger partial charge on any atom is -0.315 e. The molecule has 0 saturated carbocycles. The molecule has 0 atom stereocenters. The smallest absolute Gasteiger partial charge is 0.315 e. The van der Waals surface area contributed by atoms with Gasteiger partial charge in [0.2, 0.25) is 5.82 Å².